The molecule has 0 heterocycles. The van der Waals surface area contributed by atoms with Crippen LogP contribution in [0.3, 0.4) is 0 Å². The third-order valence-corrected chi connectivity index (χ3v) is 2.99. The van der Waals surface area contributed by atoms with Crippen LogP contribution in [0.4, 0.5) is 0 Å². The molecule has 0 aromatic rings. The Hall–Kier alpha value is -0.860. The zero-order valence-corrected chi connectivity index (χ0v) is 8.89. The molecular formula is C10H19NO2. The Balaban J connectivity index is 4.26. The van der Waals surface area contributed by atoms with Crippen molar-refractivity contribution in [2.24, 2.45) is 11.3 Å². The van der Waals surface area contributed by atoms with Gasteiger partial charge in [0.2, 0.25) is 12.3 Å². The number of hydrogen-bond acceptors (Lipinski definition) is 2. The fourth-order valence-corrected chi connectivity index (χ4v) is 1.22. The fraction of sp³-hybridized carbons (Fsp3) is 0.800. The normalized spacial score (nSPS) is 15.2. The van der Waals surface area contributed by atoms with Gasteiger partial charge < -0.3 is 0 Å². The Kier molecular flexibility index (Phi) is 4.67. The van der Waals surface area contributed by atoms with Gasteiger partial charge in [-0.25, -0.2) is 0 Å². The molecule has 13 heavy (non-hydrogen) atoms. The van der Waals surface area contributed by atoms with E-state index in [1.807, 2.05) is 0 Å². The van der Waals surface area contributed by atoms with Crippen molar-refractivity contribution in [1.29, 1.82) is 0 Å². The van der Waals surface area contributed by atoms with Gasteiger partial charge in [-0.2, -0.15) is 0 Å². The maximum absolute atomic E-state index is 11.2. The lowest BCUT2D eigenvalue weighted by Crippen LogP contribution is -2.32. The second-order valence-electron chi connectivity index (χ2n) is 4.02. The quantitative estimate of drug-likeness (QED) is 0.663. The topological polar surface area (TPSA) is 46.2 Å². The number of carbonyl (C=O) groups is 2. The molecule has 0 aromatic carbocycles. The molecule has 3 nitrogen and oxygen atoms in total. The van der Waals surface area contributed by atoms with E-state index in [9.17, 15) is 9.59 Å². The van der Waals surface area contributed by atoms with Gasteiger partial charge >= 0.3 is 0 Å². The largest absolute Gasteiger partial charge is 0.299 e. The third kappa shape index (κ3) is 3.57. The van der Waals surface area contributed by atoms with E-state index in [2.05, 4.69) is 33.0 Å². The SMILES string of the molecule is CCC(C)(CC(=O)NC=O)C(C)C. The first-order valence-electron chi connectivity index (χ1n) is 4.69. The predicted octanol–water partition coefficient (Wildman–Crippen LogP) is 1.72. The molecular weight excluding hydrogens is 166 g/mol. The van der Waals surface area contributed by atoms with Gasteiger partial charge in [-0.1, -0.05) is 27.7 Å². The number of amides is 2. The summed E-state index contributed by atoms with van der Waals surface area (Å²) < 4.78 is 0. The molecule has 3 heteroatoms. The molecule has 0 bridgehead atoms. The molecule has 0 aliphatic carbocycles. The van der Waals surface area contributed by atoms with Gasteiger partial charge in [-0.3, -0.25) is 14.9 Å². The summed E-state index contributed by atoms with van der Waals surface area (Å²) in [5, 5.41) is 2.17. The lowest BCUT2D eigenvalue weighted by molar-refractivity contribution is -0.127. The second-order valence-corrected chi connectivity index (χ2v) is 4.02. The van der Waals surface area contributed by atoms with Crippen molar-refractivity contribution < 1.29 is 9.59 Å². The summed E-state index contributed by atoms with van der Waals surface area (Å²) >= 11 is 0. The van der Waals surface area contributed by atoms with Gasteiger partial charge in [-0.05, 0) is 17.8 Å². The first-order valence-corrected chi connectivity index (χ1v) is 4.69. The molecule has 0 saturated heterocycles. The van der Waals surface area contributed by atoms with E-state index in [1.165, 1.54) is 0 Å². The van der Waals surface area contributed by atoms with Crippen molar-refractivity contribution in [3.63, 3.8) is 0 Å². The minimum Gasteiger partial charge on any atom is -0.299 e. The van der Waals surface area contributed by atoms with Crippen LogP contribution >= 0.6 is 0 Å². The van der Waals surface area contributed by atoms with Crippen molar-refractivity contribution in [2.75, 3.05) is 0 Å². The van der Waals surface area contributed by atoms with Crippen molar-refractivity contribution >= 4 is 12.3 Å². The van der Waals surface area contributed by atoms with Crippen molar-refractivity contribution in [3.8, 4) is 0 Å². The molecule has 76 valence electrons. The Morgan fingerprint density at radius 2 is 2.08 bits per heavy atom. The number of carbonyl (C=O) groups excluding carboxylic acids is 2. The summed E-state index contributed by atoms with van der Waals surface area (Å²) in [5.74, 6) is 0.253. The average Bonchev–Trinajstić information content (AvgIpc) is 2.04. The maximum atomic E-state index is 11.2. The number of nitrogens with one attached hydrogen (secondary N) is 1. The molecule has 0 aliphatic heterocycles. The summed E-state index contributed by atoms with van der Waals surface area (Å²) in [4.78, 5) is 21.2. The molecule has 0 spiro atoms. The van der Waals surface area contributed by atoms with Crippen LogP contribution in [0.25, 0.3) is 0 Å². The lowest BCUT2D eigenvalue weighted by Gasteiger charge is -2.31. The summed E-state index contributed by atoms with van der Waals surface area (Å²) in [6.45, 7) is 8.33. The zero-order chi connectivity index (χ0) is 10.5. The molecule has 0 aromatic heterocycles. The minimum atomic E-state index is -0.187. The zero-order valence-electron chi connectivity index (χ0n) is 8.89. The van der Waals surface area contributed by atoms with Crippen LogP contribution in [-0.4, -0.2) is 12.3 Å². The van der Waals surface area contributed by atoms with Gasteiger partial charge in [0, 0.05) is 6.42 Å². The van der Waals surface area contributed by atoms with Gasteiger partial charge in [0.15, 0.2) is 0 Å². The second kappa shape index (κ2) is 5.00. The standard InChI is InChI=1S/C10H19NO2/c1-5-10(4,8(2)3)6-9(13)11-7-12/h7-8H,5-6H2,1-4H3,(H,11,12,13). The Morgan fingerprint density at radius 3 is 2.38 bits per heavy atom. The Bertz CT molecular complexity index is 189. The van der Waals surface area contributed by atoms with Crippen LogP contribution in [0.15, 0.2) is 0 Å². The molecule has 0 rings (SSSR count). The monoisotopic (exact) mass is 185 g/mol. The van der Waals surface area contributed by atoms with E-state index >= 15 is 0 Å². The van der Waals surface area contributed by atoms with E-state index in [0.29, 0.717) is 18.7 Å². The van der Waals surface area contributed by atoms with Crippen LogP contribution < -0.4 is 5.32 Å². The predicted molar refractivity (Wildman–Crippen MR) is 52.1 cm³/mol. The minimum absolute atomic E-state index is 0.00685. The molecule has 0 radical (unpaired) electrons. The maximum Gasteiger partial charge on any atom is 0.226 e. The highest BCUT2D eigenvalue weighted by atomic mass is 16.2. The van der Waals surface area contributed by atoms with Crippen molar-refractivity contribution in [3.05, 3.63) is 0 Å². The highest BCUT2D eigenvalue weighted by molar-refractivity contribution is 5.86. The summed E-state index contributed by atoms with van der Waals surface area (Å²) in [5.41, 5.74) is -0.00685. The van der Waals surface area contributed by atoms with Crippen LogP contribution in [0.5, 0.6) is 0 Å². The van der Waals surface area contributed by atoms with Gasteiger partial charge in [0.1, 0.15) is 0 Å². The molecule has 2 amide bonds. The van der Waals surface area contributed by atoms with E-state index in [4.69, 9.17) is 0 Å². The number of rotatable bonds is 5. The highest BCUT2D eigenvalue weighted by Gasteiger charge is 2.28. The van der Waals surface area contributed by atoms with E-state index in [1.54, 1.807) is 0 Å². The smallest absolute Gasteiger partial charge is 0.226 e. The summed E-state index contributed by atoms with van der Waals surface area (Å²) in [6.07, 6.45) is 1.80. The van der Waals surface area contributed by atoms with Crippen molar-refractivity contribution in [1.82, 2.24) is 5.32 Å². The lowest BCUT2D eigenvalue weighted by atomic mass is 9.74. The number of hydrogen-bond donors (Lipinski definition) is 1. The third-order valence-electron chi connectivity index (χ3n) is 2.99. The van der Waals surface area contributed by atoms with Gasteiger partial charge in [0.25, 0.3) is 0 Å². The molecule has 0 fully saturated rings. The van der Waals surface area contributed by atoms with Gasteiger partial charge in [0.05, 0.1) is 0 Å². The van der Waals surface area contributed by atoms with Gasteiger partial charge in [-0.15, -0.1) is 0 Å². The average molecular weight is 185 g/mol. The first kappa shape index (κ1) is 12.1. The first-order chi connectivity index (χ1) is 5.96. The van der Waals surface area contributed by atoms with Crippen LogP contribution in [0.1, 0.15) is 40.5 Å². The van der Waals surface area contributed by atoms with Crippen molar-refractivity contribution in [2.45, 2.75) is 40.5 Å². The molecule has 0 saturated carbocycles. The Morgan fingerprint density at radius 1 is 1.54 bits per heavy atom. The van der Waals surface area contributed by atoms with Crippen LogP contribution in [0, 0.1) is 11.3 Å². The number of imide groups is 1. The molecule has 1 atom stereocenters. The summed E-state index contributed by atoms with van der Waals surface area (Å²) in [7, 11) is 0. The van der Waals surface area contributed by atoms with E-state index in [0.717, 1.165) is 6.42 Å². The van der Waals surface area contributed by atoms with E-state index < -0.39 is 0 Å². The molecule has 1 N–H and O–H groups in total. The van der Waals surface area contributed by atoms with E-state index in [-0.39, 0.29) is 11.3 Å². The summed E-state index contributed by atoms with van der Waals surface area (Å²) in [6, 6.07) is 0. The van der Waals surface area contributed by atoms with Crippen LogP contribution in [-0.2, 0) is 9.59 Å². The molecule has 0 aliphatic rings. The highest BCUT2D eigenvalue weighted by Crippen LogP contribution is 2.34. The fourth-order valence-electron chi connectivity index (χ4n) is 1.22. The molecule has 1 unspecified atom stereocenters. The Labute approximate surface area is 79.9 Å². The van der Waals surface area contributed by atoms with Crippen LogP contribution in [0.2, 0.25) is 0 Å².